The molecule has 0 atom stereocenters. The second kappa shape index (κ2) is 8.78. The molecule has 0 spiro atoms. The Morgan fingerprint density at radius 3 is 2.36 bits per heavy atom. The van der Waals surface area contributed by atoms with Gasteiger partial charge in [-0.05, 0) is 35.7 Å². The normalized spacial score (nSPS) is 12.0. The number of nitrogens with two attached hydrogens (primary N) is 2. The van der Waals surface area contributed by atoms with Crippen molar-refractivity contribution in [2.45, 2.75) is 20.8 Å². The molecule has 2 aromatic rings. The van der Waals surface area contributed by atoms with E-state index in [0.29, 0.717) is 24.5 Å². The molecule has 0 heterocycles. The highest BCUT2D eigenvalue weighted by atomic mass is 19.1. The molecule has 0 aliphatic rings. The molecule has 0 fully saturated rings. The van der Waals surface area contributed by atoms with Crippen LogP contribution in [0.4, 0.5) is 15.8 Å². The molecule has 2 rings (SSSR count). The van der Waals surface area contributed by atoms with E-state index in [4.69, 9.17) is 11.5 Å². The Kier molecular flexibility index (Phi) is 6.67. The number of amides is 1. The third-order valence-electron chi connectivity index (χ3n) is 4.20. The summed E-state index contributed by atoms with van der Waals surface area (Å²) in [6.07, 6.45) is 1.37. The number of halogens is 1. The average Bonchev–Trinajstić information content (AvgIpc) is 2.65. The van der Waals surface area contributed by atoms with Gasteiger partial charge in [0.1, 0.15) is 5.82 Å². The Bertz CT molecular complexity index is 858. The first-order valence-electron chi connectivity index (χ1n) is 9.16. The molecular formula is C22H29FN4O. The van der Waals surface area contributed by atoms with E-state index in [0.717, 1.165) is 5.69 Å². The minimum atomic E-state index is -0.527. The van der Waals surface area contributed by atoms with E-state index in [1.807, 2.05) is 57.0 Å². The predicted octanol–water partition coefficient (Wildman–Crippen LogP) is 3.71. The van der Waals surface area contributed by atoms with Gasteiger partial charge in [0, 0.05) is 36.9 Å². The molecule has 5 nitrogen and oxygen atoms in total. The third kappa shape index (κ3) is 5.49. The molecule has 4 N–H and O–H groups in total. The molecule has 2 aromatic carbocycles. The van der Waals surface area contributed by atoms with Crippen molar-refractivity contribution in [1.29, 1.82) is 0 Å². The van der Waals surface area contributed by atoms with Crippen LogP contribution >= 0.6 is 0 Å². The van der Waals surface area contributed by atoms with E-state index in [9.17, 15) is 9.18 Å². The molecule has 0 aromatic heterocycles. The van der Waals surface area contributed by atoms with Crippen LogP contribution in [-0.4, -0.2) is 26.0 Å². The number of likely N-dealkylation sites (N-methyl/N-ethyl adjacent to an activating group) is 1. The number of hydrogen-bond donors (Lipinski definition) is 2. The van der Waals surface area contributed by atoms with E-state index >= 15 is 0 Å². The van der Waals surface area contributed by atoms with Crippen molar-refractivity contribution in [1.82, 2.24) is 0 Å². The monoisotopic (exact) mass is 384 g/mol. The van der Waals surface area contributed by atoms with Crippen LogP contribution in [-0.2, 0) is 0 Å². The lowest BCUT2D eigenvalue weighted by Crippen LogP contribution is -2.38. The zero-order valence-corrected chi connectivity index (χ0v) is 16.9. The summed E-state index contributed by atoms with van der Waals surface area (Å²) in [6.45, 7) is 7.02. The smallest absolute Gasteiger partial charge is 0.261 e. The minimum absolute atomic E-state index is 0.0563. The van der Waals surface area contributed by atoms with Crippen molar-refractivity contribution in [3.05, 3.63) is 71.8 Å². The lowest BCUT2D eigenvalue weighted by atomic mass is 9.95. The summed E-state index contributed by atoms with van der Waals surface area (Å²) in [7, 11) is 1.89. The van der Waals surface area contributed by atoms with Crippen LogP contribution in [0.3, 0.4) is 0 Å². The standard InChI is InChI=1S/C22H29FN4O/c1-22(2,3)15-27(21(28)19-10-5-6-11-20(19)23)18-9-7-8-17(12-18)26(4)14-16(25)13-24/h5-13H,14-15,24-25H2,1-4H3/b16-13-. The van der Waals surface area contributed by atoms with Crippen LogP contribution in [0.25, 0.3) is 0 Å². The minimum Gasteiger partial charge on any atom is -0.403 e. The summed E-state index contributed by atoms with van der Waals surface area (Å²) >= 11 is 0. The highest BCUT2D eigenvalue weighted by molar-refractivity contribution is 6.06. The van der Waals surface area contributed by atoms with Gasteiger partial charge < -0.3 is 21.3 Å². The summed E-state index contributed by atoms with van der Waals surface area (Å²) in [6, 6.07) is 13.6. The van der Waals surface area contributed by atoms with Crippen molar-refractivity contribution in [2.75, 3.05) is 29.9 Å². The molecule has 28 heavy (non-hydrogen) atoms. The van der Waals surface area contributed by atoms with Crippen molar-refractivity contribution >= 4 is 17.3 Å². The Morgan fingerprint density at radius 2 is 1.75 bits per heavy atom. The number of carbonyl (C=O) groups is 1. The van der Waals surface area contributed by atoms with Crippen molar-refractivity contribution in [3.8, 4) is 0 Å². The van der Waals surface area contributed by atoms with Gasteiger partial charge in [-0.2, -0.15) is 0 Å². The second-order valence-electron chi connectivity index (χ2n) is 8.05. The van der Waals surface area contributed by atoms with Gasteiger partial charge in [-0.25, -0.2) is 4.39 Å². The topological polar surface area (TPSA) is 75.6 Å². The zero-order valence-electron chi connectivity index (χ0n) is 16.9. The number of benzene rings is 2. The summed E-state index contributed by atoms with van der Waals surface area (Å²) in [5.41, 5.74) is 13.3. The number of rotatable bonds is 6. The lowest BCUT2D eigenvalue weighted by Gasteiger charge is -2.31. The first-order chi connectivity index (χ1) is 13.1. The second-order valence-corrected chi connectivity index (χ2v) is 8.05. The summed E-state index contributed by atoms with van der Waals surface area (Å²) in [5.74, 6) is -0.894. The largest absolute Gasteiger partial charge is 0.403 e. The molecule has 0 radical (unpaired) electrons. The van der Waals surface area contributed by atoms with Crippen LogP contribution in [0.2, 0.25) is 0 Å². The summed E-state index contributed by atoms with van der Waals surface area (Å²) < 4.78 is 14.3. The lowest BCUT2D eigenvalue weighted by molar-refractivity contribution is 0.0973. The van der Waals surface area contributed by atoms with Crippen LogP contribution in [0.5, 0.6) is 0 Å². The van der Waals surface area contributed by atoms with Gasteiger partial charge in [0.05, 0.1) is 12.1 Å². The molecule has 0 aliphatic heterocycles. The maximum Gasteiger partial charge on any atom is 0.261 e. The first-order valence-corrected chi connectivity index (χ1v) is 9.16. The summed E-state index contributed by atoms with van der Waals surface area (Å²) in [4.78, 5) is 16.7. The predicted molar refractivity (Wildman–Crippen MR) is 114 cm³/mol. The molecule has 0 unspecified atom stereocenters. The number of carbonyl (C=O) groups excluding carboxylic acids is 1. The average molecular weight is 384 g/mol. The molecule has 0 saturated heterocycles. The van der Waals surface area contributed by atoms with E-state index in [-0.39, 0.29) is 16.9 Å². The van der Waals surface area contributed by atoms with Gasteiger partial charge in [0.2, 0.25) is 0 Å². The van der Waals surface area contributed by atoms with Crippen LogP contribution in [0, 0.1) is 11.2 Å². The Labute approximate surface area is 166 Å². The quantitative estimate of drug-likeness (QED) is 0.796. The van der Waals surface area contributed by atoms with Crippen LogP contribution in [0.15, 0.2) is 60.4 Å². The molecule has 0 bridgehead atoms. The maximum atomic E-state index is 14.3. The van der Waals surface area contributed by atoms with Crippen molar-refractivity contribution in [3.63, 3.8) is 0 Å². The molecule has 150 valence electrons. The van der Waals surface area contributed by atoms with Gasteiger partial charge in [0.15, 0.2) is 0 Å². The van der Waals surface area contributed by atoms with Crippen LogP contribution in [0.1, 0.15) is 31.1 Å². The van der Waals surface area contributed by atoms with Gasteiger partial charge in [-0.15, -0.1) is 0 Å². The van der Waals surface area contributed by atoms with Gasteiger partial charge >= 0.3 is 0 Å². The van der Waals surface area contributed by atoms with Gasteiger partial charge in [-0.1, -0.05) is 39.0 Å². The Hall–Kier alpha value is -3.02. The van der Waals surface area contributed by atoms with Crippen molar-refractivity contribution < 1.29 is 9.18 Å². The fourth-order valence-electron chi connectivity index (χ4n) is 2.85. The zero-order chi connectivity index (χ0) is 20.9. The molecule has 1 amide bonds. The molecule has 0 aliphatic carbocycles. The highest BCUT2D eigenvalue weighted by Crippen LogP contribution is 2.28. The molecule has 0 saturated carbocycles. The van der Waals surface area contributed by atoms with E-state index < -0.39 is 5.82 Å². The number of nitrogens with zero attached hydrogens (tertiary/aromatic N) is 2. The Balaban J connectivity index is 2.43. The fourth-order valence-corrected chi connectivity index (χ4v) is 2.85. The van der Waals surface area contributed by atoms with Crippen molar-refractivity contribution in [2.24, 2.45) is 16.9 Å². The first kappa shape index (κ1) is 21.3. The van der Waals surface area contributed by atoms with E-state index in [1.54, 1.807) is 17.0 Å². The molecular weight excluding hydrogens is 355 g/mol. The number of anilines is 2. The Morgan fingerprint density at radius 1 is 1.11 bits per heavy atom. The SMILES string of the molecule is CN(C/C(N)=C/N)c1cccc(N(CC(C)(C)C)C(=O)c2ccccc2F)c1. The van der Waals surface area contributed by atoms with E-state index in [1.165, 1.54) is 18.3 Å². The maximum absolute atomic E-state index is 14.3. The van der Waals surface area contributed by atoms with Crippen LogP contribution < -0.4 is 21.3 Å². The number of hydrogen-bond acceptors (Lipinski definition) is 4. The fraction of sp³-hybridized carbons (Fsp3) is 0.318. The highest BCUT2D eigenvalue weighted by Gasteiger charge is 2.25. The van der Waals surface area contributed by atoms with E-state index in [2.05, 4.69) is 0 Å². The van der Waals surface area contributed by atoms with Gasteiger partial charge in [-0.3, -0.25) is 4.79 Å². The summed E-state index contributed by atoms with van der Waals surface area (Å²) in [5, 5.41) is 0. The molecule has 6 heteroatoms. The van der Waals surface area contributed by atoms with Gasteiger partial charge in [0.25, 0.3) is 5.91 Å². The third-order valence-corrected chi connectivity index (χ3v) is 4.20.